The van der Waals surface area contributed by atoms with Crippen LogP contribution in [0.2, 0.25) is 0 Å². The SMILES string of the molecule is CNC(=O)[C@H]1CN(Cc2cccc3c2OCO3)C[C@@H]1c1cnn(C)c1. The summed E-state index contributed by atoms with van der Waals surface area (Å²) in [5.74, 6) is 1.76. The lowest BCUT2D eigenvalue weighted by Gasteiger charge is -2.16. The Hall–Kier alpha value is -2.54. The Morgan fingerprint density at radius 3 is 3.00 bits per heavy atom. The predicted molar refractivity (Wildman–Crippen MR) is 91.3 cm³/mol. The number of ether oxygens (including phenoxy) is 2. The number of carbonyl (C=O) groups is 1. The summed E-state index contributed by atoms with van der Waals surface area (Å²) in [7, 11) is 3.59. The minimum Gasteiger partial charge on any atom is -0.454 e. The van der Waals surface area contributed by atoms with E-state index >= 15 is 0 Å². The summed E-state index contributed by atoms with van der Waals surface area (Å²) >= 11 is 0. The second-order valence-corrected chi connectivity index (χ2v) is 6.62. The maximum atomic E-state index is 12.4. The zero-order chi connectivity index (χ0) is 17.4. The summed E-state index contributed by atoms with van der Waals surface area (Å²) in [6.45, 7) is 2.53. The number of amides is 1. The van der Waals surface area contributed by atoms with Gasteiger partial charge in [-0.05, 0) is 11.6 Å². The van der Waals surface area contributed by atoms with Crippen LogP contribution in [0.25, 0.3) is 0 Å². The minimum absolute atomic E-state index is 0.0780. The van der Waals surface area contributed by atoms with Crippen molar-refractivity contribution in [2.75, 3.05) is 26.9 Å². The van der Waals surface area contributed by atoms with Crippen LogP contribution in [0.3, 0.4) is 0 Å². The van der Waals surface area contributed by atoms with Crippen LogP contribution < -0.4 is 14.8 Å². The van der Waals surface area contributed by atoms with Gasteiger partial charge in [0, 0.05) is 51.4 Å². The Bertz CT molecular complexity index is 788. The van der Waals surface area contributed by atoms with Crippen LogP contribution in [-0.4, -0.2) is 47.5 Å². The Kier molecular flexibility index (Phi) is 4.09. The fourth-order valence-electron chi connectivity index (χ4n) is 3.79. The zero-order valence-electron chi connectivity index (χ0n) is 14.4. The molecule has 2 aromatic rings. The molecule has 7 heteroatoms. The lowest BCUT2D eigenvalue weighted by Crippen LogP contribution is -2.32. The molecule has 1 amide bonds. The van der Waals surface area contributed by atoms with E-state index in [4.69, 9.17) is 9.47 Å². The van der Waals surface area contributed by atoms with Gasteiger partial charge in [-0.2, -0.15) is 5.10 Å². The Morgan fingerprint density at radius 1 is 1.36 bits per heavy atom. The fourth-order valence-corrected chi connectivity index (χ4v) is 3.79. The molecule has 1 saturated heterocycles. The van der Waals surface area contributed by atoms with E-state index in [0.29, 0.717) is 6.54 Å². The highest BCUT2D eigenvalue weighted by Crippen LogP contribution is 2.38. The lowest BCUT2D eigenvalue weighted by atomic mass is 9.90. The van der Waals surface area contributed by atoms with Crippen LogP contribution in [0.4, 0.5) is 0 Å². The summed E-state index contributed by atoms with van der Waals surface area (Å²) in [6.07, 6.45) is 3.86. The number of benzene rings is 1. The first-order valence-electron chi connectivity index (χ1n) is 8.45. The molecular formula is C18H22N4O3. The first-order valence-corrected chi connectivity index (χ1v) is 8.45. The van der Waals surface area contributed by atoms with Crippen molar-refractivity contribution >= 4 is 5.91 Å². The average molecular weight is 342 g/mol. The lowest BCUT2D eigenvalue weighted by molar-refractivity contribution is -0.124. The molecule has 0 aliphatic carbocycles. The number of hydrogen-bond acceptors (Lipinski definition) is 5. The molecule has 3 heterocycles. The third-order valence-electron chi connectivity index (χ3n) is 5.00. The summed E-state index contributed by atoms with van der Waals surface area (Å²) in [5.41, 5.74) is 2.20. The Balaban J connectivity index is 1.56. The Morgan fingerprint density at radius 2 is 2.24 bits per heavy atom. The van der Waals surface area contributed by atoms with Crippen molar-refractivity contribution in [1.82, 2.24) is 20.0 Å². The van der Waals surface area contributed by atoms with Crippen LogP contribution in [0.5, 0.6) is 11.5 Å². The molecule has 0 radical (unpaired) electrons. The first-order chi connectivity index (χ1) is 12.2. The van der Waals surface area contributed by atoms with Gasteiger partial charge in [-0.25, -0.2) is 0 Å². The third-order valence-corrected chi connectivity index (χ3v) is 5.00. The van der Waals surface area contributed by atoms with Gasteiger partial charge in [0.25, 0.3) is 0 Å². The van der Waals surface area contributed by atoms with Gasteiger partial charge in [0.15, 0.2) is 11.5 Å². The van der Waals surface area contributed by atoms with Gasteiger partial charge in [-0.15, -0.1) is 0 Å². The number of aromatic nitrogens is 2. The van der Waals surface area contributed by atoms with Gasteiger partial charge in [-0.3, -0.25) is 14.4 Å². The molecule has 132 valence electrons. The van der Waals surface area contributed by atoms with E-state index in [1.165, 1.54) is 0 Å². The molecule has 0 unspecified atom stereocenters. The smallest absolute Gasteiger partial charge is 0.231 e. The predicted octanol–water partition coefficient (Wildman–Crippen LogP) is 1.11. The van der Waals surface area contributed by atoms with E-state index in [2.05, 4.69) is 21.4 Å². The number of nitrogens with zero attached hydrogens (tertiary/aromatic N) is 3. The second kappa shape index (κ2) is 6.40. The number of aryl methyl sites for hydroxylation is 1. The molecule has 2 aliphatic rings. The first kappa shape index (κ1) is 16.0. The maximum Gasteiger partial charge on any atom is 0.231 e. The van der Waals surface area contributed by atoms with E-state index in [0.717, 1.165) is 35.7 Å². The topological polar surface area (TPSA) is 68.6 Å². The van der Waals surface area contributed by atoms with Crippen molar-refractivity contribution in [3.63, 3.8) is 0 Å². The van der Waals surface area contributed by atoms with Crippen molar-refractivity contribution in [3.8, 4) is 11.5 Å². The van der Waals surface area contributed by atoms with Crippen molar-refractivity contribution < 1.29 is 14.3 Å². The standard InChI is InChI=1S/C18H22N4O3/c1-19-18(23)15-10-22(9-14(15)13-6-20-21(2)7-13)8-12-4-3-5-16-17(12)25-11-24-16/h3-7,14-15H,8-11H2,1-2H3,(H,19,23)/t14-,15+/m1/s1. The molecule has 0 spiro atoms. The van der Waals surface area contributed by atoms with Crippen molar-refractivity contribution in [1.29, 1.82) is 0 Å². The zero-order valence-corrected chi connectivity index (χ0v) is 14.4. The summed E-state index contributed by atoms with van der Waals surface area (Å²) < 4.78 is 12.9. The van der Waals surface area contributed by atoms with E-state index in [9.17, 15) is 4.79 Å². The van der Waals surface area contributed by atoms with Crippen molar-refractivity contribution in [2.45, 2.75) is 12.5 Å². The monoisotopic (exact) mass is 342 g/mol. The van der Waals surface area contributed by atoms with Gasteiger partial charge in [-0.1, -0.05) is 12.1 Å². The number of fused-ring (bicyclic) bond motifs is 1. The molecular weight excluding hydrogens is 320 g/mol. The summed E-state index contributed by atoms with van der Waals surface area (Å²) in [6, 6.07) is 5.95. The summed E-state index contributed by atoms with van der Waals surface area (Å²) in [5, 5.41) is 7.07. The number of likely N-dealkylation sites (tertiary alicyclic amines) is 1. The highest BCUT2D eigenvalue weighted by molar-refractivity contribution is 5.80. The average Bonchev–Trinajstić information content (AvgIpc) is 3.33. The van der Waals surface area contributed by atoms with Gasteiger partial charge >= 0.3 is 0 Å². The molecule has 1 aromatic carbocycles. The molecule has 1 aromatic heterocycles. The van der Waals surface area contributed by atoms with Gasteiger partial charge in [0.2, 0.25) is 12.7 Å². The Labute approximate surface area is 146 Å². The molecule has 7 nitrogen and oxygen atoms in total. The highest BCUT2D eigenvalue weighted by atomic mass is 16.7. The van der Waals surface area contributed by atoms with E-state index in [-0.39, 0.29) is 24.5 Å². The van der Waals surface area contributed by atoms with Gasteiger partial charge < -0.3 is 14.8 Å². The molecule has 2 atom stereocenters. The molecule has 4 rings (SSSR count). The van der Waals surface area contributed by atoms with Crippen molar-refractivity contribution in [2.24, 2.45) is 13.0 Å². The van der Waals surface area contributed by atoms with Crippen LogP contribution in [0, 0.1) is 5.92 Å². The molecule has 1 fully saturated rings. The summed E-state index contributed by atoms with van der Waals surface area (Å²) in [4.78, 5) is 14.7. The van der Waals surface area contributed by atoms with Crippen molar-refractivity contribution in [3.05, 3.63) is 41.7 Å². The van der Waals surface area contributed by atoms with Crippen LogP contribution in [-0.2, 0) is 18.4 Å². The van der Waals surface area contributed by atoms with Gasteiger partial charge in [0.1, 0.15) is 0 Å². The second-order valence-electron chi connectivity index (χ2n) is 6.62. The molecule has 2 aliphatic heterocycles. The van der Waals surface area contributed by atoms with Crippen LogP contribution >= 0.6 is 0 Å². The number of nitrogens with one attached hydrogen (secondary N) is 1. The molecule has 25 heavy (non-hydrogen) atoms. The molecule has 1 N–H and O–H groups in total. The van der Waals surface area contributed by atoms with Gasteiger partial charge in [0.05, 0.1) is 12.1 Å². The number of para-hydroxylation sites is 1. The molecule has 0 saturated carbocycles. The third kappa shape index (κ3) is 2.95. The number of carbonyl (C=O) groups excluding carboxylic acids is 1. The van der Waals surface area contributed by atoms with E-state index < -0.39 is 0 Å². The van der Waals surface area contributed by atoms with Crippen LogP contribution in [0.15, 0.2) is 30.6 Å². The normalized spacial score (nSPS) is 22.3. The largest absolute Gasteiger partial charge is 0.454 e. The number of hydrogen-bond donors (Lipinski definition) is 1. The van der Waals surface area contributed by atoms with Crippen LogP contribution in [0.1, 0.15) is 17.0 Å². The number of rotatable bonds is 4. The molecule has 0 bridgehead atoms. The minimum atomic E-state index is -0.0804. The highest BCUT2D eigenvalue weighted by Gasteiger charge is 2.39. The maximum absolute atomic E-state index is 12.4. The fraction of sp³-hybridized carbons (Fsp3) is 0.444. The van der Waals surface area contributed by atoms with E-state index in [1.54, 1.807) is 11.7 Å². The van der Waals surface area contributed by atoms with E-state index in [1.807, 2.05) is 31.6 Å². The quantitative estimate of drug-likeness (QED) is 0.901.